The van der Waals surface area contributed by atoms with Gasteiger partial charge >= 0.3 is 0 Å². The van der Waals surface area contributed by atoms with Crippen LogP contribution in [0.15, 0.2) is 72.8 Å². The predicted octanol–water partition coefficient (Wildman–Crippen LogP) is 5.04. The molecule has 1 aromatic heterocycles. The molecular weight excluding hydrogens is 454 g/mol. The van der Waals surface area contributed by atoms with Crippen molar-refractivity contribution in [3.8, 4) is 17.2 Å². The van der Waals surface area contributed by atoms with Crippen molar-refractivity contribution < 1.29 is 19.0 Å². The molecule has 0 spiro atoms. The lowest BCUT2D eigenvalue weighted by Gasteiger charge is -2.18. The van der Waals surface area contributed by atoms with Gasteiger partial charge in [-0.25, -0.2) is 4.98 Å². The third kappa shape index (κ3) is 5.00. The second kappa shape index (κ2) is 10.7. The normalized spacial score (nSPS) is 15.4. The smallest absolute Gasteiger partial charge is 0.223 e. The minimum absolute atomic E-state index is 0.0540. The molecule has 186 valence electrons. The van der Waals surface area contributed by atoms with Crippen LogP contribution in [-0.4, -0.2) is 47.7 Å². The van der Waals surface area contributed by atoms with Gasteiger partial charge in [-0.3, -0.25) is 4.79 Å². The van der Waals surface area contributed by atoms with Gasteiger partial charge in [-0.2, -0.15) is 0 Å². The van der Waals surface area contributed by atoms with E-state index in [2.05, 4.69) is 10.6 Å². The van der Waals surface area contributed by atoms with E-state index in [1.807, 2.05) is 71.6 Å². The Bertz CT molecular complexity index is 1330. The van der Waals surface area contributed by atoms with Crippen molar-refractivity contribution in [2.75, 3.05) is 27.4 Å². The number of methoxy groups -OCH3 is 2. The van der Waals surface area contributed by atoms with Crippen LogP contribution in [0, 0.1) is 0 Å². The van der Waals surface area contributed by atoms with Crippen LogP contribution in [0.25, 0.3) is 11.0 Å². The number of ether oxygens (including phenoxy) is 3. The SMILES string of the molecule is COc1ccc(CN2CC(c3nc4ccccc4n3CCCOc3ccccc3OC)CC2=O)cc1. The first-order chi connectivity index (χ1) is 17.7. The van der Waals surface area contributed by atoms with Crippen LogP contribution in [-0.2, 0) is 17.9 Å². The minimum atomic E-state index is 0.0540. The van der Waals surface area contributed by atoms with Crippen molar-refractivity contribution in [2.24, 2.45) is 0 Å². The molecule has 0 saturated carbocycles. The molecule has 1 aliphatic rings. The number of aromatic nitrogens is 2. The molecule has 0 aliphatic carbocycles. The van der Waals surface area contributed by atoms with Crippen LogP contribution >= 0.6 is 0 Å². The fourth-order valence-electron chi connectivity index (χ4n) is 4.83. The van der Waals surface area contributed by atoms with Gasteiger partial charge in [-0.05, 0) is 48.4 Å². The lowest BCUT2D eigenvalue weighted by Crippen LogP contribution is -2.24. The molecular formula is C29H31N3O4. The highest BCUT2D eigenvalue weighted by Gasteiger charge is 2.34. The molecule has 1 atom stereocenters. The Kier molecular flexibility index (Phi) is 7.07. The highest BCUT2D eigenvalue weighted by atomic mass is 16.5. The maximum absolute atomic E-state index is 12.9. The number of hydrogen-bond donors (Lipinski definition) is 0. The van der Waals surface area contributed by atoms with Gasteiger partial charge in [0.15, 0.2) is 11.5 Å². The molecule has 7 heteroatoms. The fourth-order valence-corrected chi connectivity index (χ4v) is 4.83. The van der Waals surface area contributed by atoms with Crippen molar-refractivity contribution in [1.82, 2.24) is 14.5 Å². The van der Waals surface area contributed by atoms with Gasteiger partial charge in [-0.15, -0.1) is 0 Å². The highest BCUT2D eigenvalue weighted by Crippen LogP contribution is 2.32. The number of amides is 1. The Hall–Kier alpha value is -4.00. The Balaban J connectivity index is 1.29. The average molecular weight is 486 g/mol. The van der Waals surface area contributed by atoms with E-state index in [-0.39, 0.29) is 11.8 Å². The van der Waals surface area contributed by atoms with Crippen molar-refractivity contribution in [3.05, 3.63) is 84.2 Å². The molecule has 1 aliphatic heterocycles. The van der Waals surface area contributed by atoms with Gasteiger partial charge in [0.25, 0.3) is 0 Å². The molecule has 7 nitrogen and oxygen atoms in total. The highest BCUT2D eigenvalue weighted by molar-refractivity contribution is 5.81. The van der Waals surface area contributed by atoms with E-state index in [0.29, 0.717) is 26.1 Å². The number of fused-ring (bicyclic) bond motifs is 1. The zero-order valence-corrected chi connectivity index (χ0v) is 20.7. The van der Waals surface area contributed by atoms with Crippen LogP contribution in [0.5, 0.6) is 17.2 Å². The third-order valence-electron chi connectivity index (χ3n) is 6.65. The van der Waals surface area contributed by atoms with Gasteiger partial charge in [0.05, 0.1) is 31.9 Å². The van der Waals surface area contributed by atoms with Gasteiger partial charge in [0, 0.05) is 32.0 Å². The lowest BCUT2D eigenvalue weighted by atomic mass is 10.1. The molecule has 0 radical (unpaired) electrons. The maximum Gasteiger partial charge on any atom is 0.223 e. The molecule has 0 bridgehead atoms. The van der Waals surface area contributed by atoms with E-state index in [1.54, 1.807) is 14.2 Å². The standard InChI is InChI=1S/C29H31N3O4/c1-34-23-14-12-21(13-15-23)19-31-20-22(18-28(31)33)29-30-24-8-3-4-9-25(24)32(29)16-7-17-36-27-11-6-5-10-26(27)35-2/h3-6,8-15,22H,7,16-20H2,1-2H3. The van der Waals surface area contributed by atoms with Crippen molar-refractivity contribution >= 4 is 16.9 Å². The summed E-state index contributed by atoms with van der Waals surface area (Å²) in [4.78, 5) is 19.8. The molecule has 4 aromatic rings. The zero-order valence-electron chi connectivity index (χ0n) is 20.7. The van der Waals surface area contributed by atoms with Gasteiger partial charge in [0.1, 0.15) is 11.6 Å². The number of hydrogen-bond acceptors (Lipinski definition) is 5. The number of para-hydroxylation sites is 4. The first-order valence-corrected chi connectivity index (χ1v) is 12.3. The van der Waals surface area contributed by atoms with Crippen LogP contribution in [0.1, 0.15) is 30.1 Å². The number of likely N-dealkylation sites (tertiary alicyclic amines) is 1. The van der Waals surface area contributed by atoms with Crippen LogP contribution in [0.2, 0.25) is 0 Å². The molecule has 5 rings (SSSR count). The quantitative estimate of drug-likeness (QED) is 0.295. The van der Waals surface area contributed by atoms with E-state index in [4.69, 9.17) is 19.2 Å². The summed E-state index contributed by atoms with van der Waals surface area (Å²) in [5.74, 6) is 3.47. The summed E-state index contributed by atoms with van der Waals surface area (Å²) in [6.07, 6.45) is 1.28. The van der Waals surface area contributed by atoms with Gasteiger partial charge in [0.2, 0.25) is 5.91 Å². The topological polar surface area (TPSA) is 65.8 Å². The van der Waals surface area contributed by atoms with Crippen molar-refractivity contribution in [2.45, 2.75) is 31.8 Å². The Morgan fingerprint density at radius 1 is 0.917 bits per heavy atom. The molecule has 1 amide bonds. The summed E-state index contributed by atoms with van der Waals surface area (Å²) >= 11 is 0. The molecule has 1 unspecified atom stereocenters. The van der Waals surface area contributed by atoms with E-state index in [1.165, 1.54) is 0 Å². The van der Waals surface area contributed by atoms with Gasteiger partial charge in [-0.1, -0.05) is 36.4 Å². The second-order valence-electron chi connectivity index (χ2n) is 8.99. The van der Waals surface area contributed by atoms with E-state index < -0.39 is 0 Å². The van der Waals surface area contributed by atoms with E-state index in [9.17, 15) is 4.79 Å². The first-order valence-electron chi connectivity index (χ1n) is 12.3. The third-order valence-corrected chi connectivity index (χ3v) is 6.65. The number of carbonyl (C=O) groups is 1. The maximum atomic E-state index is 12.9. The number of imidazole rings is 1. The Labute approximate surface area is 211 Å². The summed E-state index contributed by atoms with van der Waals surface area (Å²) in [5.41, 5.74) is 3.14. The Morgan fingerprint density at radius 3 is 2.44 bits per heavy atom. The molecule has 1 fully saturated rings. The second-order valence-corrected chi connectivity index (χ2v) is 8.99. The number of carbonyl (C=O) groups excluding carboxylic acids is 1. The number of rotatable bonds is 10. The van der Waals surface area contributed by atoms with Gasteiger partial charge < -0.3 is 23.7 Å². The van der Waals surface area contributed by atoms with Crippen LogP contribution in [0.3, 0.4) is 0 Å². The fraction of sp³-hybridized carbons (Fsp3) is 0.310. The number of aryl methyl sites for hydroxylation is 1. The number of nitrogens with zero attached hydrogens (tertiary/aromatic N) is 3. The lowest BCUT2D eigenvalue weighted by molar-refractivity contribution is -0.128. The summed E-state index contributed by atoms with van der Waals surface area (Å²) in [5, 5.41) is 0. The molecule has 36 heavy (non-hydrogen) atoms. The summed E-state index contributed by atoms with van der Waals surface area (Å²) in [6.45, 7) is 2.56. The van der Waals surface area contributed by atoms with E-state index >= 15 is 0 Å². The summed E-state index contributed by atoms with van der Waals surface area (Å²) in [7, 11) is 3.30. The van der Waals surface area contributed by atoms with Crippen LogP contribution in [0.4, 0.5) is 0 Å². The van der Waals surface area contributed by atoms with E-state index in [0.717, 1.165) is 52.6 Å². The predicted molar refractivity (Wildman–Crippen MR) is 139 cm³/mol. The molecule has 0 N–H and O–H groups in total. The molecule has 1 saturated heterocycles. The summed E-state index contributed by atoms with van der Waals surface area (Å²) in [6, 6.07) is 23.7. The Morgan fingerprint density at radius 2 is 1.67 bits per heavy atom. The van der Waals surface area contributed by atoms with Crippen molar-refractivity contribution in [3.63, 3.8) is 0 Å². The summed E-state index contributed by atoms with van der Waals surface area (Å²) < 4.78 is 18.9. The number of benzene rings is 3. The minimum Gasteiger partial charge on any atom is -0.497 e. The molecule has 3 aromatic carbocycles. The van der Waals surface area contributed by atoms with Crippen molar-refractivity contribution in [1.29, 1.82) is 0 Å². The zero-order chi connectivity index (χ0) is 24.9. The average Bonchev–Trinajstić information content (AvgIpc) is 3.47. The monoisotopic (exact) mass is 485 g/mol. The largest absolute Gasteiger partial charge is 0.497 e. The first kappa shape index (κ1) is 23.7. The molecule has 2 heterocycles. The van der Waals surface area contributed by atoms with Crippen LogP contribution < -0.4 is 14.2 Å².